The molecule has 1 fully saturated rings. The van der Waals surface area contributed by atoms with Gasteiger partial charge >= 0.3 is 0 Å². The molecule has 1 saturated heterocycles. The van der Waals surface area contributed by atoms with E-state index in [1.54, 1.807) is 0 Å². The SMILES string of the molecule is CC1CC(C)CN(C(=O)C(C)N2C(=O)c3ccccc3C2c2c(-c3ccccc3)n(C)c3ccccc23)C1. The molecule has 0 saturated carbocycles. The fraction of sp³-hybridized carbons (Fsp3) is 0.333. The highest BCUT2D eigenvalue weighted by molar-refractivity contribution is 6.04. The second-order valence-corrected chi connectivity index (χ2v) is 11.3. The fourth-order valence-electron chi connectivity index (χ4n) is 6.90. The van der Waals surface area contributed by atoms with Gasteiger partial charge in [0.15, 0.2) is 0 Å². The van der Waals surface area contributed by atoms with Crippen molar-refractivity contribution >= 4 is 22.7 Å². The van der Waals surface area contributed by atoms with Gasteiger partial charge in [-0.05, 0) is 48.4 Å². The Kier molecular flexibility index (Phi) is 6.10. The van der Waals surface area contributed by atoms with Crippen LogP contribution in [0.25, 0.3) is 22.2 Å². The molecule has 4 aromatic rings. The number of para-hydroxylation sites is 1. The first-order valence-corrected chi connectivity index (χ1v) is 13.7. The van der Waals surface area contributed by atoms with E-state index in [1.807, 2.05) is 53.1 Å². The molecule has 0 aliphatic carbocycles. The molecule has 6 rings (SSSR count). The van der Waals surface area contributed by atoms with Crippen molar-refractivity contribution in [2.75, 3.05) is 13.1 Å². The van der Waals surface area contributed by atoms with Crippen LogP contribution >= 0.6 is 0 Å². The predicted octanol–water partition coefficient (Wildman–Crippen LogP) is 6.28. The van der Waals surface area contributed by atoms with E-state index in [1.165, 1.54) is 0 Å². The third kappa shape index (κ3) is 3.84. The minimum absolute atomic E-state index is 0.0380. The lowest BCUT2D eigenvalue weighted by Crippen LogP contribution is -2.52. The smallest absolute Gasteiger partial charge is 0.255 e. The third-order valence-corrected chi connectivity index (χ3v) is 8.42. The number of fused-ring (bicyclic) bond motifs is 2. The van der Waals surface area contributed by atoms with Crippen molar-refractivity contribution in [1.82, 2.24) is 14.4 Å². The van der Waals surface area contributed by atoms with Crippen LogP contribution in [0.4, 0.5) is 0 Å². The summed E-state index contributed by atoms with van der Waals surface area (Å²) in [7, 11) is 2.09. The number of piperidine rings is 1. The predicted molar refractivity (Wildman–Crippen MR) is 152 cm³/mol. The molecule has 2 aliphatic heterocycles. The van der Waals surface area contributed by atoms with Gasteiger partial charge in [-0.25, -0.2) is 0 Å². The summed E-state index contributed by atoms with van der Waals surface area (Å²) in [6, 6.07) is 25.7. The maximum atomic E-state index is 14.1. The van der Waals surface area contributed by atoms with Crippen LogP contribution in [-0.2, 0) is 11.8 Å². The number of rotatable bonds is 4. The summed E-state index contributed by atoms with van der Waals surface area (Å²) >= 11 is 0. The minimum Gasteiger partial charge on any atom is -0.343 e. The zero-order valence-corrected chi connectivity index (χ0v) is 22.6. The van der Waals surface area contributed by atoms with Crippen LogP contribution in [0.15, 0.2) is 78.9 Å². The number of likely N-dealkylation sites (tertiary alicyclic amines) is 1. The Balaban J connectivity index is 1.54. The second kappa shape index (κ2) is 9.46. The quantitative estimate of drug-likeness (QED) is 0.328. The molecule has 1 aromatic heterocycles. The number of benzene rings is 3. The van der Waals surface area contributed by atoms with Gasteiger partial charge in [0.2, 0.25) is 5.91 Å². The zero-order chi connectivity index (χ0) is 26.6. The second-order valence-electron chi connectivity index (χ2n) is 11.3. The van der Waals surface area contributed by atoms with E-state index in [9.17, 15) is 9.59 Å². The van der Waals surface area contributed by atoms with Crippen LogP contribution in [0.2, 0.25) is 0 Å². The number of aryl methyl sites for hydroxylation is 1. The van der Waals surface area contributed by atoms with Crippen LogP contribution in [0, 0.1) is 11.8 Å². The Labute approximate surface area is 224 Å². The van der Waals surface area contributed by atoms with Gasteiger partial charge in [-0.15, -0.1) is 0 Å². The highest BCUT2D eigenvalue weighted by Gasteiger charge is 2.45. The normalized spacial score (nSPS) is 22.1. The lowest BCUT2D eigenvalue weighted by Gasteiger charge is -2.39. The standard InChI is InChI=1S/C33H35N3O2/c1-21-18-22(2)20-35(19-21)32(37)23(3)36-31(25-14-8-9-15-26(25)33(36)38)29-27-16-10-11-17-28(27)34(4)30(29)24-12-6-5-7-13-24/h5-17,21-23,31H,18-20H2,1-4H3. The van der Waals surface area contributed by atoms with Gasteiger partial charge in [0.25, 0.3) is 5.91 Å². The summed E-state index contributed by atoms with van der Waals surface area (Å²) in [5, 5.41) is 1.10. The number of hydrogen-bond donors (Lipinski definition) is 0. The summed E-state index contributed by atoms with van der Waals surface area (Å²) in [6.07, 6.45) is 1.13. The lowest BCUT2D eigenvalue weighted by atomic mass is 9.91. The minimum atomic E-state index is -0.583. The molecule has 2 aliphatic rings. The largest absolute Gasteiger partial charge is 0.343 e. The number of nitrogens with zero attached hydrogens (tertiary/aromatic N) is 3. The van der Waals surface area contributed by atoms with E-state index in [4.69, 9.17) is 0 Å². The monoisotopic (exact) mass is 505 g/mol. The molecule has 4 atom stereocenters. The van der Waals surface area contributed by atoms with E-state index in [0.717, 1.165) is 52.8 Å². The first-order valence-electron chi connectivity index (χ1n) is 13.7. The summed E-state index contributed by atoms with van der Waals surface area (Å²) in [5.41, 5.74) is 6.00. The van der Waals surface area contributed by atoms with E-state index in [-0.39, 0.29) is 17.9 Å². The number of hydrogen-bond acceptors (Lipinski definition) is 2. The Bertz CT molecular complexity index is 1510. The highest BCUT2D eigenvalue weighted by Crippen LogP contribution is 2.47. The summed E-state index contributed by atoms with van der Waals surface area (Å²) in [4.78, 5) is 31.9. The molecule has 5 nitrogen and oxygen atoms in total. The van der Waals surface area contributed by atoms with Crippen molar-refractivity contribution < 1.29 is 9.59 Å². The maximum absolute atomic E-state index is 14.1. The van der Waals surface area contributed by atoms with Gasteiger partial charge < -0.3 is 14.4 Å². The Morgan fingerprint density at radius 3 is 2.24 bits per heavy atom. The molecular weight excluding hydrogens is 470 g/mol. The number of carbonyl (C=O) groups is 2. The molecule has 0 radical (unpaired) electrons. The van der Waals surface area contributed by atoms with Crippen LogP contribution in [0.3, 0.4) is 0 Å². The molecule has 4 unspecified atom stereocenters. The topological polar surface area (TPSA) is 45.6 Å². The molecule has 0 spiro atoms. The van der Waals surface area contributed by atoms with Crippen LogP contribution in [0.5, 0.6) is 0 Å². The van der Waals surface area contributed by atoms with E-state index >= 15 is 0 Å². The molecule has 0 N–H and O–H groups in total. The third-order valence-electron chi connectivity index (χ3n) is 8.42. The summed E-state index contributed by atoms with van der Waals surface area (Å²) in [6.45, 7) is 7.83. The average Bonchev–Trinajstić information content (AvgIpc) is 3.38. The molecule has 194 valence electrons. The van der Waals surface area contributed by atoms with Crippen molar-refractivity contribution in [2.45, 2.75) is 39.3 Å². The summed E-state index contributed by atoms with van der Waals surface area (Å²) < 4.78 is 2.23. The fourth-order valence-corrected chi connectivity index (χ4v) is 6.90. The van der Waals surface area contributed by atoms with Crippen molar-refractivity contribution in [1.29, 1.82) is 0 Å². The molecule has 3 heterocycles. The van der Waals surface area contributed by atoms with Crippen molar-refractivity contribution in [2.24, 2.45) is 18.9 Å². The average molecular weight is 506 g/mol. The zero-order valence-electron chi connectivity index (χ0n) is 22.6. The van der Waals surface area contributed by atoms with Crippen LogP contribution < -0.4 is 0 Å². The highest BCUT2D eigenvalue weighted by atomic mass is 16.2. The molecule has 3 aromatic carbocycles. The van der Waals surface area contributed by atoms with Gasteiger partial charge in [-0.1, -0.05) is 80.6 Å². The number of amides is 2. The Hall–Kier alpha value is -3.86. The lowest BCUT2D eigenvalue weighted by molar-refractivity contribution is -0.138. The molecular formula is C33H35N3O2. The van der Waals surface area contributed by atoms with Gasteiger partial charge in [0.05, 0.1) is 11.7 Å². The van der Waals surface area contributed by atoms with Crippen molar-refractivity contribution in [3.05, 3.63) is 95.6 Å². The van der Waals surface area contributed by atoms with Crippen molar-refractivity contribution in [3.8, 4) is 11.3 Å². The van der Waals surface area contributed by atoms with Gasteiger partial charge in [0.1, 0.15) is 6.04 Å². The first kappa shape index (κ1) is 24.5. The Morgan fingerprint density at radius 1 is 0.868 bits per heavy atom. The van der Waals surface area contributed by atoms with Gasteiger partial charge in [-0.2, -0.15) is 0 Å². The molecule has 0 bridgehead atoms. The molecule has 2 amide bonds. The van der Waals surface area contributed by atoms with Gasteiger partial charge in [0, 0.05) is 42.2 Å². The van der Waals surface area contributed by atoms with E-state index < -0.39 is 6.04 Å². The first-order chi connectivity index (χ1) is 18.4. The summed E-state index contributed by atoms with van der Waals surface area (Å²) in [5.74, 6) is 0.882. The number of aromatic nitrogens is 1. The van der Waals surface area contributed by atoms with Gasteiger partial charge in [-0.3, -0.25) is 9.59 Å². The Morgan fingerprint density at radius 2 is 1.50 bits per heavy atom. The number of carbonyl (C=O) groups excluding carboxylic acids is 2. The molecule has 5 heteroatoms. The van der Waals surface area contributed by atoms with Crippen molar-refractivity contribution in [3.63, 3.8) is 0 Å². The van der Waals surface area contributed by atoms with E-state index in [0.29, 0.717) is 17.4 Å². The van der Waals surface area contributed by atoms with Crippen LogP contribution in [0.1, 0.15) is 54.7 Å². The van der Waals surface area contributed by atoms with Crippen LogP contribution in [-0.4, -0.2) is 45.3 Å². The van der Waals surface area contributed by atoms with E-state index in [2.05, 4.69) is 67.9 Å². The molecule has 38 heavy (non-hydrogen) atoms. The maximum Gasteiger partial charge on any atom is 0.255 e.